The summed E-state index contributed by atoms with van der Waals surface area (Å²) in [5.74, 6) is -1.98. The van der Waals surface area contributed by atoms with Gasteiger partial charge >= 0.3 is 0 Å². The fourth-order valence-electron chi connectivity index (χ4n) is 0.961. The van der Waals surface area contributed by atoms with E-state index in [1.54, 1.807) is 6.92 Å². The third-order valence-corrected chi connectivity index (χ3v) is 1.62. The standard InChI is InChI=1S/C11H10F3N/c1-2-3-9(13)7-15-11-5-4-8(12)6-10(11)14/h2-7,15H,1H3/b3-2-,9-7-. The van der Waals surface area contributed by atoms with E-state index < -0.39 is 17.5 Å². The Morgan fingerprint density at radius 2 is 2.07 bits per heavy atom. The Kier molecular flexibility index (Phi) is 3.97. The molecule has 0 aliphatic rings. The lowest BCUT2D eigenvalue weighted by molar-refractivity contribution is 0.586. The summed E-state index contributed by atoms with van der Waals surface area (Å²) < 4.78 is 38.3. The molecule has 80 valence electrons. The first-order valence-electron chi connectivity index (χ1n) is 4.33. The molecule has 0 atom stereocenters. The van der Waals surface area contributed by atoms with E-state index in [0.717, 1.165) is 18.3 Å². The van der Waals surface area contributed by atoms with Gasteiger partial charge in [0, 0.05) is 12.3 Å². The highest BCUT2D eigenvalue weighted by atomic mass is 19.1. The third-order valence-electron chi connectivity index (χ3n) is 1.62. The molecule has 0 amide bonds. The number of nitrogens with one attached hydrogen (secondary N) is 1. The average Bonchev–Trinajstić information content (AvgIpc) is 2.17. The van der Waals surface area contributed by atoms with E-state index in [1.165, 1.54) is 18.2 Å². The zero-order valence-corrected chi connectivity index (χ0v) is 8.10. The molecule has 0 saturated heterocycles. The Morgan fingerprint density at radius 1 is 1.33 bits per heavy atom. The number of hydrogen-bond acceptors (Lipinski definition) is 1. The van der Waals surface area contributed by atoms with Crippen molar-refractivity contribution in [3.63, 3.8) is 0 Å². The van der Waals surface area contributed by atoms with Gasteiger partial charge in [-0.15, -0.1) is 0 Å². The SMILES string of the molecule is C/C=C\C(F)=C\Nc1ccc(F)cc1F. The van der Waals surface area contributed by atoms with Crippen molar-refractivity contribution in [2.75, 3.05) is 5.32 Å². The van der Waals surface area contributed by atoms with E-state index in [1.807, 2.05) is 0 Å². The molecule has 0 aliphatic carbocycles. The minimum absolute atomic E-state index is 0.0241. The van der Waals surface area contributed by atoms with Crippen molar-refractivity contribution in [2.45, 2.75) is 6.92 Å². The van der Waals surface area contributed by atoms with E-state index in [4.69, 9.17) is 0 Å². The van der Waals surface area contributed by atoms with Gasteiger partial charge in [-0.2, -0.15) is 0 Å². The van der Waals surface area contributed by atoms with E-state index >= 15 is 0 Å². The topological polar surface area (TPSA) is 12.0 Å². The van der Waals surface area contributed by atoms with Gasteiger partial charge in [-0.1, -0.05) is 6.08 Å². The maximum Gasteiger partial charge on any atom is 0.149 e. The van der Waals surface area contributed by atoms with Crippen molar-refractivity contribution in [3.05, 3.63) is 54.0 Å². The smallest absolute Gasteiger partial charge is 0.149 e. The molecule has 0 aromatic heterocycles. The lowest BCUT2D eigenvalue weighted by Gasteiger charge is -2.02. The molecular weight excluding hydrogens is 203 g/mol. The Hall–Kier alpha value is -1.71. The number of rotatable bonds is 3. The Balaban J connectivity index is 2.77. The van der Waals surface area contributed by atoms with Gasteiger partial charge in [0.05, 0.1) is 5.69 Å². The molecule has 0 saturated carbocycles. The lowest BCUT2D eigenvalue weighted by Crippen LogP contribution is -1.93. The van der Waals surface area contributed by atoms with Crippen molar-refractivity contribution in [1.82, 2.24) is 0 Å². The monoisotopic (exact) mass is 213 g/mol. The summed E-state index contributed by atoms with van der Waals surface area (Å²) in [6.45, 7) is 1.66. The predicted molar refractivity (Wildman–Crippen MR) is 54.0 cm³/mol. The number of hydrogen-bond donors (Lipinski definition) is 1. The first-order chi connectivity index (χ1) is 7.13. The van der Waals surface area contributed by atoms with Gasteiger partial charge in [-0.25, -0.2) is 13.2 Å². The molecule has 0 unspecified atom stereocenters. The summed E-state index contributed by atoms with van der Waals surface area (Å²) in [5.41, 5.74) is 0.0241. The molecule has 1 aromatic carbocycles. The van der Waals surface area contributed by atoms with Crippen molar-refractivity contribution >= 4 is 5.69 Å². The fraction of sp³-hybridized carbons (Fsp3) is 0.0909. The zero-order chi connectivity index (χ0) is 11.3. The van der Waals surface area contributed by atoms with E-state index in [-0.39, 0.29) is 5.69 Å². The van der Waals surface area contributed by atoms with Crippen molar-refractivity contribution < 1.29 is 13.2 Å². The van der Waals surface area contributed by atoms with E-state index in [0.29, 0.717) is 0 Å². The highest BCUT2D eigenvalue weighted by Crippen LogP contribution is 2.15. The summed E-state index contributed by atoms with van der Waals surface area (Å²) in [4.78, 5) is 0. The van der Waals surface area contributed by atoms with Crippen LogP contribution in [-0.2, 0) is 0 Å². The van der Waals surface area contributed by atoms with Crippen LogP contribution in [0.5, 0.6) is 0 Å². The molecule has 0 heterocycles. The minimum atomic E-state index is -0.764. The molecule has 1 N–H and O–H groups in total. The van der Waals surface area contributed by atoms with Crippen LogP contribution in [0.1, 0.15) is 6.92 Å². The summed E-state index contributed by atoms with van der Waals surface area (Å²) in [6.07, 6.45) is 3.72. The third kappa shape index (κ3) is 3.50. The fourth-order valence-corrected chi connectivity index (χ4v) is 0.961. The number of halogens is 3. The van der Waals surface area contributed by atoms with Gasteiger partial charge in [0.25, 0.3) is 0 Å². The molecule has 4 heteroatoms. The summed E-state index contributed by atoms with van der Waals surface area (Å²) in [7, 11) is 0. The van der Waals surface area contributed by atoms with Gasteiger partial charge in [0.15, 0.2) is 0 Å². The van der Waals surface area contributed by atoms with Gasteiger partial charge in [-0.05, 0) is 25.1 Å². The molecule has 0 fully saturated rings. The van der Waals surface area contributed by atoms with Crippen LogP contribution in [-0.4, -0.2) is 0 Å². The van der Waals surface area contributed by atoms with Gasteiger partial charge < -0.3 is 5.32 Å². The maximum atomic E-state index is 13.0. The Labute approximate surface area is 85.9 Å². The Bertz CT molecular complexity index is 397. The zero-order valence-electron chi connectivity index (χ0n) is 8.10. The Morgan fingerprint density at radius 3 is 2.67 bits per heavy atom. The maximum absolute atomic E-state index is 13.0. The number of anilines is 1. The lowest BCUT2D eigenvalue weighted by atomic mass is 10.3. The van der Waals surface area contributed by atoms with Crippen molar-refractivity contribution in [2.24, 2.45) is 0 Å². The van der Waals surface area contributed by atoms with Crippen LogP contribution in [0.3, 0.4) is 0 Å². The molecular formula is C11H10F3N. The van der Waals surface area contributed by atoms with Crippen molar-refractivity contribution in [1.29, 1.82) is 0 Å². The summed E-state index contributed by atoms with van der Waals surface area (Å²) in [5, 5.41) is 2.39. The quantitative estimate of drug-likeness (QED) is 0.754. The molecule has 1 aromatic rings. The van der Waals surface area contributed by atoms with Gasteiger partial charge in [0.2, 0.25) is 0 Å². The summed E-state index contributed by atoms with van der Waals surface area (Å²) >= 11 is 0. The molecule has 1 nitrogen and oxygen atoms in total. The van der Waals surface area contributed by atoms with Crippen LogP contribution >= 0.6 is 0 Å². The van der Waals surface area contributed by atoms with Crippen molar-refractivity contribution in [3.8, 4) is 0 Å². The summed E-state index contributed by atoms with van der Waals surface area (Å²) in [6, 6.07) is 3.01. The van der Waals surface area contributed by atoms with E-state index in [2.05, 4.69) is 5.32 Å². The number of benzene rings is 1. The van der Waals surface area contributed by atoms with Crippen LogP contribution in [0.25, 0.3) is 0 Å². The molecule has 1 rings (SSSR count). The van der Waals surface area contributed by atoms with Crippen LogP contribution < -0.4 is 5.32 Å². The molecule has 0 spiro atoms. The van der Waals surface area contributed by atoms with Crippen LogP contribution in [0.15, 0.2) is 42.4 Å². The van der Waals surface area contributed by atoms with E-state index in [9.17, 15) is 13.2 Å². The largest absolute Gasteiger partial charge is 0.357 e. The second-order valence-corrected chi connectivity index (χ2v) is 2.80. The van der Waals surface area contributed by atoms with Crippen LogP contribution in [0.2, 0.25) is 0 Å². The highest BCUT2D eigenvalue weighted by Gasteiger charge is 2.01. The average molecular weight is 213 g/mol. The normalized spacial score (nSPS) is 12.1. The van der Waals surface area contributed by atoms with Gasteiger partial charge in [-0.3, -0.25) is 0 Å². The minimum Gasteiger partial charge on any atom is -0.357 e. The molecule has 0 bridgehead atoms. The van der Waals surface area contributed by atoms with Gasteiger partial charge in [0.1, 0.15) is 17.5 Å². The first kappa shape index (κ1) is 11.4. The molecule has 0 aliphatic heterocycles. The highest BCUT2D eigenvalue weighted by molar-refractivity contribution is 5.47. The van der Waals surface area contributed by atoms with Crippen LogP contribution in [0.4, 0.5) is 18.9 Å². The molecule has 0 radical (unpaired) electrons. The second kappa shape index (κ2) is 5.24. The second-order valence-electron chi connectivity index (χ2n) is 2.80. The number of allylic oxidation sites excluding steroid dienone is 3. The first-order valence-corrected chi connectivity index (χ1v) is 4.33. The van der Waals surface area contributed by atoms with Crippen LogP contribution in [0, 0.1) is 11.6 Å². The molecule has 15 heavy (non-hydrogen) atoms. The predicted octanol–water partition coefficient (Wildman–Crippen LogP) is 3.76.